The molecule has 3 aromatic rings. The van der Waals surface area contributed by atoms with E-state index in [4.69, 9.17) is 24.2 Å². The van der Waals surface area contributed by atoms with Gasteiger partial charge >= 0.3 is 11.9 Å². The number of carbonyl (C=O) groups excluding carboxylic acids is 1. The Labute approximate surface area is 342 Å². The molecule has 6 rings (SSSR count). The van der Waals surface area contributed by atoms with E-state index < -0.39 is 42.4 Å². The number of aromatic amines is 2. The highest BCUT2D eigenvalue weighted by Gasteiger charge is 2.43. The van der Waals surface area contributed by atoms with Crippen LogP contribution in [-0.4, -0.2) is 113 Å². The molecule has 0 aromatic carbocycles. The van der Waals surface area contributed by atoms with Gasteiger partial charge in [0.05, 0.1) is 42.3 Å². The fourth-order valence-electron chi connectivity index (χ4n) is 8.49. The van der Waals surface area contributed by atoms with Crippen LogP contribution in [0.2, 0.25) is 0 Å². The van der Waals surface area contributed by atoms with E-state index in [1.165, 1.54) is 18.9 Å². The second-order valence-electron chi connectivity index (χ2n) is 15.5. The topological polar surface area (TPSA) is 220 Å². The predicted octanol–water partition coefficient (Wildman–Crippen LogP) is 6.12. The Bertz CT molecular complexity index is 2250. The van der Waals surface area contributed by atoms with E-state index in [1.54, 1.807) is 6.92 Å². The first-order valence-corrected chi connectivity index (χ1v) is 20.9. The molecule has 0 spiro atoms. The molecule has 15 heteroatoms. The second kappa shape index (κ2) is 18.0. The standard InChI is InChI=1S/C43H56N4O10S/c1-9-25-19(2)27-17-32-35(24(7)56-13-10-14-58-43-41(52)40(51)39(50)33(18-48)57-43)21(4)29(45-32)15-28-20(3)26(11-12-34(49)55-8)37(46-28)23(6)38-36(42(53)54)22(5)30(47-38)16-31(25)44-27/h15-17,20,24,26,33,39-41,43,45,47-48,50-52H,9-14,18H2,1-8H3,(H,53,54)/t20-,24?,26-,33+,39+,40-,41+,43-/m0/s1. The van der Waals surface area contributed by atoms with Crippen molar-refractivity contribution in [2.24, 2.45) is 0 Å². The molecule has 1 saturated heterocycles. The van der Waals surface area contributed by atoms with Crippen LogP contribution in [0.15, 0.2) is 18.2 Å². The van der Waals surface area contributed by atoms with Crippen molar-refractivity contribution in [1.29, 1.82) is 0 Å². The van der Waals surface area contributed by atoms with Crippen LogP contribution in [-0.2, 0) is 19.0 Å². The van der Waals surface area contributed by atoms with Crippen LogP contribution in [0, 0.1) is 20.8 Å². The molecule has 1 fully saturated rings. The maximum atomic E-state index is 12.8. The molecule has 0 amide bonds. The quantitative estimate of drug-likeness (QED) is 0.0764. The third-order valence-electron chi connectivity index (χ3n) is 12.0. The number of aliphatic hydroxyl groups is 4. The van der Waals surface area contributed by atoms with Gasteiger partial charge in [-0.1, -0.05) is 13.8 Å². The maximum absolute atomic E-state index is 12.8. The predicted molar refractivity (Wildman–Crippen MR) is 223 cm³/mol. The van der Waals surface area contributed by atoms with Gasteiger partial charge in [-0.3, -0.25) is 9.78 Å². The molecule has 0 radical (unpaired) electrons. The number of methoxy groups -OCH3 is 1. The van der Waals surface area contributed by atoms with Crippen LogP contribution < -0.4 is 0 Å². The van der Waals surface area contributed by atoms with E-state index in [0.29, 0.717) is 53.8 Å². The molecule has 14 nitrogen and oxygen atoms in total. The monoisotopic (exact) mass is 820 g/mol. The van der Waals surface area contributed by atoms with Gasteiger partial charge < -0.3 is 49.7 Å². The van der Waals surface area contributed by atoms with E-state index in [-0.39, 0.29) is 35.9 Å². The number of H-pyrrole nitrogens is 2. The molecule has 7 N–H and O–H groups in total. The summed E-state index contributed by atoms with van der Waals surface area (Å²) in [6, 6.07) is 6.00. The van der Waals surface area contributed by atoms with Crippen molar-refractivity contribution in [3.63, 3.8) is 0 Å². The van der Waals surface area contributed by atoms with Crippen molar-refractivity contribution in [3.8, 4) is 0 Å². The van der Waals surface area contributed by atoms with Gasteiger partial charge in [0, 0.05) is 58.4 Å². The Balaban J connectivity index is 1.44. The highest BCUT2D eigenvalue weighted by atomic mass is 32.2. The van der Waals surface area contributed by atoms with Crippen molar-refractivity contribution >= 4 is 56.9 Å². The van der Waals surface area contributed by atoms with Gasteiger partial charge in [-0.05, 0) is 106 Å². The molecule has 8 atom stereocenters. The summed E-state index contributed by atoms with van der Waals surface area (Å²) in [6.45, 7) is 13.8. The van der Waals surface area contributed by atoms with Gasteiger partial charge in [0.1, 0.15) is 29.9 Å². The minimum Gasteiger partial charge on any atom is -0.478 e. The molecule has 3 aliphatic heterocycles. The molecule has 0 aliphatic carbocycles. The van der Waals surface area contributed by atoms with Crippen molar-refractivity contribution in [2.45, 2.75) is 122 Å². The number of carboxylic acid groups (broad SMARTS) is 1. The first-order valence-electron chi connectivity index (χ1n) is 19.9. The van der Waals surface area contributed by atoms with Crippen LogP contribution >= 0.6 is 11.8 Å². The lowest BCUT2D eigenvalue weighted by molar-refractivity contribution is -0.205. The third kappa shape index (κ3) is 8.35. The zero-order valence-electron chi connectivity index (χ0n) is 34.4. The largest absolute Gasteiger partial charge is 0.478 e. The zero-order chi connectivity index (χ0) is 42.2. The van der Waals surface area contributed by atoms with Gasteiger partial charge in [0.2, 0.25) is 0 Å². The van der Waals surface area contributed by atoms with E-state index in [2.05, 4.69) is 23.8 Å². The summed E-state index contributed by atoms with van der Waals surface area (Å²) in [7, 11) is 1.37. The SMILES string of the molecule is CCC1=C(C)c2cc3[nH]c(cc4nc(c(C)c5[nH]c(cc1n2)c(C)c5C(=O)O)[C@@H](CCC(=O)OC)[C@@H]4C)c(C)c3C(C)OCCCS[C@@H]1O[C@H](CO)[C@@H](O)[C@H](O)[C@H]1O. The smallest absolute Gasteiger partial charge is 0.338 e. The molecule has 0 saturated carbocycles. The number of hydrogen-bond donors (Lipinski definition) is 7. The number of thioether (sulfide) groups is 1. The maximum Gasteiger partial charge on any atom is 0.338 e. The number of carbonyl (C=O) groups is 2. The lowest BCUT2D eigenvalue weighted by atomic mass is 9.86. The number of aromatic carboxylic acids is 1. The molecule has 314 valence electrons. The van der Waals surface area contributed by atoms with Crippen LogP contribution in [0.4, 0.5) is 0 Å². The summed E-state index contributed by atoms with van der Waals surface area (Å²) < 4.78 is 17.1. The van der Waals surface area contributed by atoms with E-state index in [0.717, 1.165) is 56.1 Å². The normalized spacial score (nSPS) is 24.0. The summed E-state index contributed by atoms with van der Waals surface area (Å²) in [6.07, 6.45) is -3.45. The number of allylic oxidation sites excluding steroid dienone is 2. The molecule has 3 aliphatic rings. The first kappa shape index (κ1) is 43.5. The zero-order valence-corrected chi connectivity index (χ0v) is 35.2. The average Bonchev–Trinajstić information content (AvgIpc) is 3.89. The Morgan fingerprint density at radius 1 is 0.948 bits per heavy atom. The van der Waals surface area contributed by atoms with Gasteiger partial charge in [-0.2, -0.15) is 0 Å². The number of nitrogens with one attached hydrogen (secondary N) is 2. The number of aryl methyl sites for hydroxylation is 3. The van der Waals surface area contributed by atoms with Gasteiger partial charge in [0.15, 0.2) is 0 Å². The number of nitrogens with zero attached hydrogens (tertiary/aromatic N) is 2. The fraction of sp³-hybridized carbons (Fsp3) is 0.535. The molecule has 6 heterocycles. The number of fused-ring (bicyclic) bond motifs is 8. The van der Waals surface area contributed by atoms with E-state index >= 15 is 0 Å². The highest BCUT2D eigenvalue weighted by molar-refractivity contribution is 7.99. The Morgan fingerprint density at radius 3 is 2.33 bits per heavy atom. The van der Waals surface area contributed by atoms with Gasteiger partial charge in [-0.15, -0.1) is 11.8 Å². The van der Waals surface area contributed by atoms with E-state index in [1.807, 2.05) is 45.9 Å². The van der Waals surface area contributed by atoms with Gasteiger partial charge in [0.25, 0.3) is 0 Å². The molecule has 58 heavy (non-hydrogen) atoms. The summed E-state index contributed by atoms with van der Waals surface area (Å²) >= 11 is 1.29. The fourth-order valence-corrected chi connectivity index (χ4v) is 9.58. The molecule has 8 bridgehead atoms. The summed E-state index contributed by atoms with van der Waals surface area (Å²) in [4.78, 5) is 42.5. The summed E-state index contributed by atoms with van der Waals surface area (Å²) in [5, 5.41) is 50.8. The van der Waals surface area contributed by atoms with Crippen LogP contribution in [0.3, 0.4) is 0 Å². The summed E-state index contributed by atoms with van der Waals surface area (Å²) in [5.41, 5.74) is 10.5. The Kier molecular flexibility index (Phi) is 13.5. The minimum absolute atomic E-state index is 0.109. The highest BCUT2D eigenvalue weighted by Crippen LogP contribution is 2.43. The number of rotatable bonds is 13. The molecule has 3 aromatic heterocycles. The van der Waals surface area contributed by atoms with Crippen LogP contribution in [0.5, 0.6) is 0 Å². The Morgan fingerprint density at radius 2 is 1.66 bits per heavy atom. The lowest BCUT2D eigenvalue weighted by Gasteiger charge is -2.39. The second-order valence-corrected chi connectivity index (χ2v) is 16.7. The van der Waals surface area contributed by atoms with Crippen LogP contribution in [0.1, 0.15) is 127 Å². The Hall–Kier alpha value is -4.09. The minimum atomic E-state index is -1.42. The molecule has 1 unspecified atom stereocenters. The number of esters is 1. The van der Waals surface area contributed by atoms with Crippen LogP contribution in [0.25, 0.3) is 33.2 Å². The van der Waals surface area contributed by atoms with Gasteiger partial charge in [-0.25, -0.2) is 9.78 Å². The summed E-state index contributed by atoms with van der Waals surface area (Å²) in [5.74, 6) is -1.13. The number of aliphatic hydroxyl groups excluding tert-OH is 4. The van der Waals surface area contributed by atoms with Crippen molar-refractivity contribution in [2.75, 3.05) is 26.1 Å². The molecular weight excluding hydrogens is 765 g/mol. The number of aromatic nitrogens is 4. The van der Waals surface area contributed by atoms with Crippen molar-refractivity contribution < 1.29 is 49.3 Å². The van der Waals surface area contributed by atoms with Crippen molar-refractivity contribution in [3.05, 3.63) is 68.8 Å². The van der Waals surface area contributed by atoms with Crippen molar-refractivity contribution in [1.82, 2.24) is 19.9 Å². The number of carboxylic acids is 1. The lowest BCUT2D eigenvalue weighted by Crippen LogP contribution is -2.57. The molecular formula is C43H56N4O10S. The first-order chi connectivity index (χ1) is 27.6. The number of ether oxygens (including phenoxy) is 3. The average molecular weight is 821 g/mol. The number of hydrogen-bond acceptors (Lipinski definition) is 12. The third-order valence-corrected chi connectivity index (χ3v) is 13.2. The van der Waals surface area contributed by atoms with E-state index in [9.17, 15) is 35.1 Å².